The number of nitrogen functional groups attached to an aromatic ring is 1. The number of hydrogen-bond donors (Lipinski definition) is 2. The lowest BCUT2D eigenvalue weighted by molar-refractivity contribution is 0.600. The maximum absolute atomic E-state index is 11.1. The first kappa shape index (κ1) is 10.4. The molecule has 72 valence electrons. The van der Waals surface area contributed by atoms with Gasteiger partial charge in [0.15, 0.2) is 11.0 Å². The van der Waals surface area contributed by atoms with Gasteiger partial charge < -0.3 is 15.6 Å². The zero-order valence-electron chi connectivity index (χ0n) is 7.17. The fourth-order valence-corrected chi connectivity index (χ4v) is 1.94. The predicted octanol–water partition coefficient (Wildman–Crippen LogP) is 0.491. The molecule has 0 aliphatic rings. The van der Waals surface area contributed by atoms with Crippen molar-refractivity contribution >= 4 is 34.5 Å². The highest BCUT2D eigenvalue weighted by Crippen LogP contribution is 2.25. The molecule has 1 aromatic rings. The van der Waals surface area contributed by atoms with Crippen LogP contribution < -0.4 is 11.1 Å². The number of halogens is 1. The van der Waals surface area contributed by atoms with Crippen molar-refractivity contribution in [1.29, 1.82) is 0 Å². The molecule has 5 nitrogen and oxygen atoms in total. The summed E-state index contributed by atoms with van der Waals surface area (Å²) < 4.78 is 11.1. The Bertz CT molecular complexity index is 296. The second-order valence-electron chi connectivity index (χ2n) is 2.26. The summed E-state index contributed by atoms with van der Waals surface area (Å²) in [6, 6.07) is 0. The third-order valence-corrected chi connectivity index (χ3v) is 2.72. The first-order valence-electron chi connectivity index (χ1n) is 3.40. The highest BCUT2D eigenvalue weighted by molar-refractivity contribution is 7.91. The summed E-state index contributed by atoms with van der Waals surface area (Å²) in [5, 5.41) is 2.81. The number of aromatic nitrogens is 2. The highest BCUT2D eigenvalue weighted by atomic mass is 35.5. The molecule has 0 saturated carbocycles. The normalized spacial score (nSPS) is 12.6. The van der Waals surface area contributed by atoms with Gasteiger partial charge in [-0.3, -0.25) is 0 Å². The molecule has 0 aliphatic heterocycles. The summed E-state index contributed by atoms with van der Waals surface area (Å²) in [6.07, 6.45) is 1.47. The molecule has 0 bridgehead atoms. The largest absolute Gasteiger partial charge is 0.611 e. The van der Waals surface area contributed by atoms with Gasteiger partial charge in [-0.2, -0.15) is 9.97 Å². The van der Waals surface area contributed by atoms with Crippen LogP contribution in [0.2, 0.25) is 5.15 Å². The number of nitrogens with two attached hydrogens (primary N) is 1. The maximum Gasteiger partial charge on any atom is 0.231 e. The minimum absolute atomic E-state index is 0.123. The van der Waals surface area contributed by atoms with E-state index in [9.17, 15) is 4.55 Å². The topological polar surface area (TPSA) is 86.9 Å². The molecule has 0 spiro atoms. The van der Waals surface area contributed by atoms with Gasteiger partial charge in [0.2, 0.25) is 10.8 Å². The van der Waals surface area contributed by atoms with E-state index >= 15 is 0 Å². The van der Waals surface area contributed by atoms with Gasteiger partial charge in [-0.15, -0.1) is 0 Å². The minimum Gasteiger partial charge on any atom is -0.611 e. The maximum atomic E-state index is 11.1. The number of hydrogen-bond acceptors (Lipinski definition) is 5. The summed E-state index contributed by atoms with van der Waals surface area (Å²) in [5.74, 6) is 0.460. The van der Waals surface area contributed by atoms with Crippen molar-refractivity contribution < 1.29 is 4.55 Å². The van der Waals surface area contributed by atoms with Crippen LogP contribution in [-0.4, -0.2) is 27.8 Å². The molecule has 1 unspecified atom stereocenters. The Morgan fingerprint density at radius 3 is 2.54 bits per heavy atom. The molecule has 0 amide bonds. The number of rotatable bonds is 2. The number of nitrogens with zero attached hydrogens (tertiary/aromatic N) is 2. The van der Waals surface area contributed by atoms with Crippen LogP contribution in [0.1, 0.15) is 0 Å². The Balaban J connectivity index is 3.23. The Morgan fingerprint density at radius 1 is 1.54 bits per heavy atom. The SMILES string of the molecule is CNc1nc(N)c([S+](C)[O-])c(Cl)n1. The molecule has 1 heterocycles. The van der Waals surface area contributed by atoms with Gasteiger partial charge >= 0.3 is 0 Å². The number of nitrogens with one attached hydrogen (secondary N) is 1. The molecule has 3 N–H and O–H groups in total. The van der Waals surface area contributed by atoms with Crippen molar-refractivity contribution in [2.45, 2.75) is 4.90 Å². The van der Waals surface area contributed by atoms with Crippen molar-refractivity contribution in [3.63, 3.8) is 0 Å². The molecule has 0 aliphatic carbocycles. The highest BCUT2D eigenvalue weighted by Gasteiger charge is 2.18. The smallest absolute Gasteiger partial charge is 0.231 e. The average molecular weight is 221 g/mol. The van der Waals surface area contributed by atoms with E-state index in [1.165, 1.54) is 6.26 Å². The Kier molecular flexibility index (Phi) is 3.18. The molecule has 1 atom stereocenters. The zero-order valence-corrected chi connectivity index (χ0v) is 8.74. The summed E-state index contributed by atoms with van der Waals surface area (Å²) in [7, 11) is 1.65. The van der Waals surface area contributed by atoms with Crippen molar-refractivity contribution in [2.75, 3.05) is 24.4 Å². The lowest BCUT2D eigenvalue weighted by atomic mass is 10.6. The first-order valence-corrected chi connectivity index (χ1v) is 5.34. The van der Waals surface area contributed by atoms with Gasteiger partial charge in [-0.1, -0.05) is 11.6 Å². The van der Waals surface area contributed by atoms with Gasteiger partial charge in [0.1, 0.15) is 6.26 Å². The van der Waals surface area contributed by atoms with Crippen LogP contribution in [0.4, 0.5) is 11.8 Å². The molecule has 0 radical (unpaired) electrons. The predicted molar refractivity (Wildman–Crippen MR) is 53.3 cm³/mol. The third-order valence-electron chi connectivity index (χ3n) is 1.36. The van der Waals surface area contributed by atoms with Gasteiger partial charge in [-0.05, 0) is 11.2 Å². The van der Waals surface area contributed by atoms with E-state index in [2.05, 4.69) is 15.3 Å². The van der Waals surface area contributed by atoms with Crippen molar-refractivity contribution in [3.8, 4) is 0 Å². The quantitative estimate of drug-likeness (QED) is 0.560. The molecule has 1 aromatic heterocycles. The average Bonchev–Trinajstić information content (AvgIpc) is 2.02. The van der Waals surface area contributed by atoms with E-state index < -0.39 is 11.2 Å². The standard InChI is InChI=1S/C6H9ClN4OS/c1-9-6-10-4(7)3(13(2)12)5(8)11-6/h1-2H3,(H3,8,9,10,11). The van der Waals surface area contributed by atoms with E-state index in [4.69, 9.17) is 17.3 Å². The molecule has 1 rings (SSSR count). The monoisotopic (exact) mass is 220 g/mol. The van der Waals surface area contributed by atoms with E-state index in [0.29, 0.717) is 5.95 Å². The first-order chi connectivity index (χ1) is 6.06. The van der Waals surface area contributed by atoms with E-state index in [-0.39, 0.29) is 15.9 Å². The molecule has 0 saturated heterocycles. The summed E-state index contributed by atoms with van der Waals surface area (Å²) in [4.78, 5) is 7.97. The Labute approximate surface area is 83.9 Å². The minimum atomic E-state index is -1.27. The summed E-state index contributed by atoms with van der Waals surface area (Å²) >= 11 is 4.47. The lowest BCUT2D eigenvalue weighted by Gasteiger charge is -2.08. The van der Waals surface area contributed by atoms with Gasteiger partial charge in [0.05, 0.1) is 0 Å². The van der Waals surface area contributed by atoms with Crippen LogP contribution in [0.3, 0.4) is 0 Å². The Morgan fingerprint density at radius 2 is 2.15 bits per heavy atom. The third kappa shape index (κ3) is 2.15. The van der Waals surface area contributed by atoms with Gasteiger partial charge in [0.25, 0.3) is 0 Å². The molecular formula is C6H9ClN4OS. The fourth-order valence-electron chi connectivity index (χ4n) is 0.817. The van der Waals surface area contributed by atoms with Crippen molar-refractivity contribution in [3.05, 3.63) is 5.15 Å². The van der Waals surface area contributed by atoms with Gasteiger partial charge in [-0.25, -0.2) is 0 Å². The zero-order chi connectivity index (χ0) is 10.0. The van der Waals surface area contributed by atoms with Crippen LogP contribution in [0.5, 0.6) is 0 Å². The second kappa shape index (κ2) is 3.99. The van der Waals surface area contributed by atoms with E-state index in [0.717, 1.165) is 0 Å². The number of anilines is 2. The van der Waals surface area contributed by atoms with E-state index in [1.54, 1.807) is 7.05 Å². The van der Waals surface area contributed by atoms with Gasteiger partial charge in [0, 0.05) is 7.05 Å². The van der Waals surface area contributed by atoms with Crippen LogP contribution in [-0.2, 0) is 11.2 Å². The van der Waals surface area contributed by atoms with Crippen molar-refractivity contribution in [2.24, 2.45) is 0 Å². The molecule has 0 fully saturated rings. The molecule has 13 heavy (non-hydrogen) atoms. The summed E-state index contributed by atoms with van der Waals surface area (Å²) in [5.41, 5.74) is 5.53. The van der Waals surface area contributed by atoms with Crippen LogP contribution in [0, 0.1) is 0 Å². The lowest BCUT2D eigenvalue weighted by Crippen LogP contribution is -2.09. The molecule has 7 heteroatoms. The molecule has 0 aromatic carbocycles. The fraction of sp³-hybridized carbons (Fsp3) is 0.333. The molecular weight excluding hydrogens is 212 g/mol. The Hall–Kier alpha value is -0.720. The second-order valence-corrected chi connectivity index (χ2v) is 3.93. The van der Waals surface area contributed by atoms with Crippen molar-refractivity contribution in [1.82, 2.24) is 9.97 Å². The van der Waals surface area contributed by atoms with Crippen LogP contribution >= 0.6 is 11.6 Å². The van der Waals surface area contributed by atoms with E-state index in [1.807, 2.05) is 0 Å². The summed E-state index contributed by atoms with van der Waals surface area (Å²) in [6.45, 7) is 0. The van der Waals surface area contributed by atoms with Crippen LogP contribution in [0.25, 0.3) is 0 Å². The van der Waals surface area contributed by atoms with Crippen LogP contribution in [0.15, 0.2) is 4.90 Å².